The number of rotatable bonds is 2. The first-order valence-electron chi connectivity index (χ1n) is 7.50. The third kappa shape index (κ3) is 2.30. The highest BCUT2D eigenvalue weighted by Gasteiger charge is 2.13. The van der Waals surface area contributed by atoms with E-state index in [4.69, 9.17) is 0 Å². The van der Waals surface area contributed by atoms with Crippen LogP contribution in [0, 0.1) is 10.1 Å². The first-order chi connectivity index (χ1) is 11.5. The van der Waals surface area contributed by atoms with E-state index in [-0.39, 0.29) is 10.6 Å². The van der Waals surface area contributed by atoms with Crippen LogP contribution in [0.5, 0.6) is 0 Å². The van der Waals surface area contributed by atoms with Crippen molar-refractivity contribution in [2.24, 2.45) is 0 Å². The second-order valence-electron chi connectivity index (χ2n) is 5.79. The normalized spacial score (nSPS) is 11.2. The second kappa shape index (κ2) is 5.49. The zero-order chi connectivity index (χ0) is 16.8. The summed E-state index contributed by atoms with van der Waals surface area (Å²) < 4.78 is 3.17. The number of fused-ring (bicyclic) bond motifs is 3. The maximum atomic E-state index is 10.9. The van der Waals surface area contributed by atoms with Gasteiger partial charge in [-0.3, -0.25) is 10.1 Å². The number of hydrogen-bond acceptors (Lipinski definition) is 2. The van der Waals surface area contributed by atoms with Gasteiger partial charge in [-0.05, 0) is 36.4 Å². The Morgan fingerprint density at radius 2 is 1.54 bits per heavy atom. The van der Waals surface area contributed by atoms with Crippen molar-refractivity contribution in [2.75, 3.05) is 0 Å². The standard InChI is InChI=1S/C18H12BBrN2O2/c19-11-1-7-17-15(9-11)16-10-12(20)2-8-18(16)21(17)13-3-5-14(6-4-13)22(23)24/h1-10H,19H2. The van der Waals surface area contributed by atoms with Gasteiger partial charge in [-0.15, -0.1) is 0 Å². The molecule has 0 bridgehead atoms. The SMILES string of the molecule is Bc1ccc2c(c1)c1cc(Br)ccc1n2-c1ccc([N+](=O)[O-])cc1. The Labute approximate surface area is 147 Å². The van der Waals surface area contributed by atoms with E-state index in [1.807, 2.05) is 6.07 Å². The molecule has 0 saturated heterocycles. The van der Waals surface area contributed by atoms with Crippen molar-refractivity contribution in [1.29, 1.82) is 0 Å². The van der Waals surface area contributed by atoms with E-state index in [1.165, 1.54) is 10.8 Å². The minimum atomic E-state index is -0.379. The molecular weight excluding hydrogens is 367 g/mol. The molecule has 0 amide bonds. The van der Waals surface area contributed by atoms with E-state index in [0.717, 1.165) is 26.6 Å². The van der Waals surface area contributed by atoms with Crippen LogP contribution >= 0.6 is 15.9 Å². The molecule has 0 atom stereocenters. The first-order valence-corrected chi connectivity index (χ1v) is 8.29. The van der Waals surface area contributed by atoms with Crippen molar-refractivity contribution in [2.45, 2.75) is 0 Å². The van der Waals surface area contributed by atoms with E-state index in [2.05, 4.69) is 58.7 Å². The van der Waals surface area contributed by atoms with Gasteiger partial charge in [0.25, 0.3) is 5.69 Å². The fourth-order valence-electron chi connectivity index (χ4n) is 3.11. The minimum Gasteiger partial charge on any atom is -0.309 e. The Bertz CT molecular complexity index is 1040. The largest absolute Gasteiger partial charge is 0.309 e. The molecule has 24 heavy (non-hydrogen) atoms. The molecule has 0 N–H and O–H groups in total. The third-order valence-electron chi connectivity index (χ3n) is 4.20. The monoisotopic (exact) mass is 378 g/mol. The fraction of sp³-hybridized carbons (Fsp3) is 0. The number of halogens is 1. The molecule has 4 aromatic rings. The highest BCUT2D eigenvalue weighted by molar-refractivity contribution is 9.10. The lowest BCUT2D eigenvalue weighted by Gasteiger charge is -2.07. The molecule has 0 aliphatic rings. The summed E-state index contributed by atoms with van der Waals surface area (Å²) in [5, 5.41) is 13.2. The van der Waals surface area contributed by atoms with Gasteiger partial charge < -0.3 is 4.57 Å². The van der Waals surface area contributed by atoms with Crippen molar-refractivity contribution >= 4 is 56.7 Å². The summed E-state index contributed by atoms with van der Waals surface area (Å²) in [5.41, 5.74) is 4.37. The van der Waals surface area contributed by atoms with Gasteiger partial charge in [-0.25, -0.2) is 0 Å². The van der Waals surface area contributed by atoms with Crippen molar-refractivity contribution in [1.82, 2.24) is 4.57 Å². The van der Waals surface area contributed by atoms with Crippen molar-refractivity contribution in [3.05, 3.63) is 75.3 Å². The molecule has 0 saturated carbocycles. The van der Waals surface area contributed by atoms with Crippen LogP contribution < -0.4 is 5.46 Å². The van der Waals surface area contributed by atoms with Gasteiger partial charge in [0.2, 0.25) is 0 Å². The van der Waals surface area contributed by atoms with Crippen molar-refractivity contribution < 1.29 is 4.92 Å². The van der Waals surface area contributed by atoms with Gasteiger partial charge in [0.05, 0.1) is 16.0 Å². The number of nitrogens with zero attached hydrogens (tertiary/aromatic N) is 2. The summed E-state index contributed by atoms with van der Waals surface area (Å²) >= 11 is 3.54. The predicted octanol–water partition coefficient (Wildman–Crippen LogP) is 3.71. The average Bonchev–Trinajstić information content (AvgIpc) is 2.88. The molecule has 3 aromatic carbocycles. The second-order valence-corrected chi connectivity index (χ2v) is 6.71. The maximum Gasteiger partial charge on any atom is 0.269 e. The van der Waals surface area contributed by atoms with E-state index >= 15 is 0 Å². The van der Waals surface area contributed by atoms with Gasteiger partial charge in [0, 0.05) is 33.1 Å². The molecule has 0 fully saturated rings. The summed E-state index contributed by atoms with van der Waals surface area (Å²) in [4.78, 5) is 10.5. The topological polar surface area (TPSA) is 48.1 Å². The number of nitro benzene ring substituents is 1. The highest BCUT2D eigenvalue weighted by Crippen LogP contribution is 2.33. The maximum absolute atomic E-state index is 10.9. The Kier molecular flexibility index (Phi) is 3.42. The average molecular weight is 379 g/mol. The Hall–Kier alpha value is -2.60. The molecule has 4 rings (SSSR count). The summed E-state index contributed by atoms with van der Waals surface area (Å²) in [7, 11) is 2.08. The molecule has 1 aromatic heterocycles. The summed E-state index contributed by atoms with van der Waals surface area (Å²) in [5.74, 6) is 0. The first kappa shape index (κ1) is 15.0. The molecule has 4 nitrogen and oxygen atoms in total. The van der Waals surface area contributed by atoms with Gasteiger partial charge >= 0.3 is 0 Å². The molecule has 116 valence electrons. The number of nitro groups is 1. The molecule has 0 aliphatic carbocycles. The Balaban J connectivity index is 2.07. The lowest BCUT2D eigenvalue weighted by Crippen LogP contribution is -2.00. The Morgan fingerprint density at radius 3 is 2.21 bits per heavy atom. The number of hydrogen-bond donors (Lipinski definition) is 0. The zero-order valence-corrected chi connectivity index (χ0v) is 14.4. The molecule has 6 heteroatoms. The van der Waals surface area contributed by atoms with Gasteiger partial charge in [0.1, 0.15) is 7.85 Å². The van der Waals surface area contributed by atoms with E-state index in [9.17, 15) is 10.1 Å². The van der Waals surface area contributed by atoms with E-state index < -0.39 is 0 Å². The third-order valence-corrected chi connectivity index (χ3v) is 4.69. The van der Waals surface area contributed by atoms with Crippen LogP contribution in [0.15, 0.2) is 65.1 Å². The number of benzene rings is 3. The van der Waals surface area contributed by atoms with Crippen LogP contribution in [-0.4, -0.2) is 17.3 Å². The van der Waals surface area contributed by atoms with Crippen LogP contribution in [0.3, 0.4) is 0 Å². The fourth-order valence-corrected chi connectivity index (χ4v) is 3.47. The lowest BCUT2D eigenvalue weighted by atomic mass is 9.94. The molecule has 1 heterocycles. The molecule has 0 aliphatic heterocycles. The smallest absolute Gasteiger partial charge is 0.269 e. The molecule has 0 unspecified atom stereocenters. The van der Waals surface area contributed by atoms with Crippen molar-refractivity contribution in [3.63, 3.8) is 0 Å². The van der Waals surface area contributed by atoms with Crippen LogP contribution in [-0.2, 0) is 0 Å². The lowest BCUT2D eigenvalue weighted by molar-refractivity contribution is -0.384. The van der Waals surface area contributed by atoms with Crippen LogP contribution in [0.1, 0.15) is 0 Å². The predicted molar refractivity (Wildman–Crippen MR) is 103 cm³/mol. The van der Waals surface area contributed by atoms with Crippen molar-refractivity contribution in [3.8, 4) is 5.69 Å². The summed E-state index contributed by atoms with van der Waals surface area (Å²) in [6.45, 7) is 0. The van der Waals surface area contributed by atoms with Crippen LogP contribution in [0.25, 0.3) is 27.5 Å². The zero-order valence-electron chi connectivity index (χ0n) is 12.9. The molecule has 0 spiro atoms. The number of aromatic nitrogens is 1. The number of non-ortho nitro benzene ring substituents is 1. The molecular formula is C18H12BBrN2O2. The quantitative estimate of drug-likeness (QED) is 0.303. The molecule has 0 radical (unpaired) electrons. The highest BCUT2D eigenvalue weighted by atomic mass is 79.9. The minimum absolute atomic E-state index is 0.0955. The van der Waals surface area contributed by atoms with Crippen LogP contribution in [0.4, 0.5) is 5.69 Å². The van der Waals surface area contributed by atoms with Gasteiger partial charge in [0.15, 0.2) is 0 Å². The van der Waals surface area contributed by atoms with Gasteiger partial charge in [-0.1, -0.05) is 33.5 Å². The van der Waals surface area contributed by atoms with Crippen LogP contribution in [0.2, 0.25) is 0 Å². The van der Waals surface area contributed by atoms with Gasteiger partial charge in [-0.2, -0.15) is 0 Å². The summed E-state index contributed by atoms with van der Waals surface area (Å²) in [6.07, 6.45) is 0. The Morgan fingerprint density at radius 1 is 0.917 bits per heavy atom. The summed E-state index contributed by atoms with van der Waals surface area (Å²) in [6, 6.07) is 19.2. The van der Waals surface area contributed by atoms with E-state index in [1.54, 1.807) is 24.3 Å². The van der Waals surface area contributed by atoms with E-state index in [0.29, 0.717) is 0 Å².